The number of hydrogen-bond acceptors (Lipinski definition) is 7. The van der Waals surface area contributed by atoms with Gasteiger partial charge in [-0.25, -0.2) is 10.4 Å². The van der Waals surface area contributed by atoms with E-state index in [1.807, 2.05) is 0 Å². The van der Waals surface area contributed by atoms with Crippen molar-refractivity contribution >= 4 is 33.7 Å². The number of aromatic nitrogens is 2. The lowest BCUT2D eigenvalue weighted by Crippen LogP contribution is -2.30. The zero-order valence-electron chi connectivity index (χ0n) is 17.7. The number of thiophene rings is 1. The number of nitrogens with one attached hydrogen (secondary N) is 1. The van der Waals surface area contributed by atoms with Crippen LogP contribution in [0.3, 0.4) is 0 Å². The zero-order chi connectivity index (χ0) is 22.0. The van der Waals surface area contributed by atoms with Gasteiger partial charge in [-0.2, -0.15) is 5.10 Å². The van der Waals surface area contributed by atoms with E-state index in [1.54, 1.807) is 43.8 Å². The first-order valence-corrected chi connectivity index (χ1v) is 10.9. The third-order valence-corrected chi connectivity index (χ3v) is 6.59. The number of nitrogens with zero attached hydrogens (tertiary/aromatic N) is 3. The van der Waals surface area contributed by atoms with Gasteiger partial charge in [0.25, 0.3) is 11.5 Å². The molecule has 8 nitrogen and oxygen atoms in total. The minimum absolute atomic E-state index is 0.157. The number of methoxy groups -OCH3 is 2. The molecule has 4 rings (SSSR count). The molecule has 1 amide bonds. The number of benzene rings is 1. The van der Waals surface area contributed by atoms with E-state index >= 15 is 0 Å². The molecule has 31 heavy (non-hydrogen) atoms. The van der Waals surface area contributed by atoms with Crippen LogP contribution in [0.5, 0.6) is 11.5 Å². The fourth-order valence-electron chi connectivity index (χ4n) is 3.78. The van der Waals surface area contributed by atoms with Crippen molar-refractivity contribution in [1.29, 1.82) is 0 Å². The van der Waals surface area contributed by atoms with Crippen LogP contribution in [0, 0.1) is 5.92 Å². The lowest BCUT2D eigenvalue weighted by molar-refractivity contribution is -0.121. The largest absolute Gasteiger partial charge is 0.497 e. The van der Waals surface area contributed by atoms with Crippen molar-refractivity contribution in [3.63, 3.8) is 0 Å². The van der Waals surface area contributed by atoms with E-state index < -0.39 is 5.91 Å². The maximum Gasteiger partial charge on any atom is 0.262 e. The van der Waals surface area contributed by atoms with Crippen LogP contribution < -0.4 is 20.5 Å². The van der Waals surface area contributed by atoms with Gasteiger partial charge in [-0.3, -0.25) is 14.2 Å². The molecular weight excluding hydrogens is 416 g/mol. The number of aryl methyl sites for hydroxylation is 1. The Morgan fingerprint density at radius 1 is 1.39 bits per heavy atom. The van der Waals surface area contributed by atoms with Crippen LogP contribution in [0.15, 0.2) is 34.4 Å². The average Bonchev–Trinajstić information content (AvgIpc) is 3.13. The normalized spacial score (nSPS) is 15.8. The summed E-state index contributed by atoms with van der Waals surface area (Å²) in [4.78, 5) is 31.8. The molecule has 2 heterocycles. The van der Waals surface area contributed by atoms with Crippen molar-refractivity contribution < 1.29 is 14.3 Å². The Hall–Kier alpha value is -3.20. The maximum absolute atomic E-state index is 13.0. The summed E-state index contributed by atoms with van der Waals surface area (Å²) in [5.74, 6) is 1.45. The minimum atomic E-state index is -0.418. The van der Waals surface area contributed by atoms with Gasteiger partial charge in [-0.15, -0.1) is 11.3 Å². The van der Waals surface area contributed by atoms with Gasteiger partial charge in [0, 0.05) is 10.4 Å². The highest BCUT2D eigenvalue weighted by molar-refractivity contribution is 7.18. The van der Waals surface area contributed by atoms with Gasteiger partial charge >= 0.3 is 0 Å². The molecule has 9 heteroatoms. The molecule has 0 spiro atoms. The number of carbonyl (C=O) groups is 1. The first-order chi connectivity index (χ1) is 15.0. The second-order valence-electron chi connectivity index (χ2n) is 7.61. The molecule has 162 valence electrons. The number of rotatable bonds is 6. The van der Waals surface area contributed by atoms with Gasteiger partial charge in [0.2, 0.25) is 0 Å². The highest BCUT2D eigenvalue weighted by Gasteiger charge is 2.23. The molecular formula is C22H24N4O4S. The SMILES string of the molecule is COc1ccc(OC)c(/C=N\NC(=O)Cn2cnc3sc4c(c3c2=O)CCC(C)C4)c1. The van der Waals surface area contributed by atoms with Crippen molar-refractivity contribution in [2.45, 2.75) is 32.7 Å². The molecule has 1 aliphatic rings. The van der Waals surface area contributed by atoms with E-state index in [1.165, 1.54) is 22.0 Å². The lowest BCUT2D eigenvalue weighted by Gasteiger charge is -2.17. The third-order valence-electron chi connectivity index (χ3n) is 5.43. The van der Waals surface area contributed by atoms with Crippen molar-refractivity contribution in [2.75, 3.05) is 14.2 Å². The molecule has 1 aromatic carbocycles. The fourth-order valence-corrected chi connectivity index (χ4v) is 5.12. The van der Waals surface area contributed by atoms with Crippen molar-refractivity contribution in [3.8, 4) is 11.5 Å². The second-order valence-corrected chi connectivity index (χ2v) is 8.69. The topological polar surface area (TPSA) is 94.8 Å². The van der Waals surface area contributed by atoms with E-state index in [4.69, 9.17) is 9.47 Å². The number of hydrogen-bond donors (Lipinski definition) is 1. The van der Waals surface area contributed by atoms with Crippen LogP contribution in [0.2, 0.25) is 0 Å². The van der Waals surface area contributed by atoms with Gasteiger partial charge in [-0.05, 0) is 48.9 Å². The summed E-state index contributed by atoms with van der Waals surface area (Å²) in [6.07, 6.45) is 5.84. The summed E-state index contributed by atoms with van der Waals surface area (Å²) in [6.45, 7) is 2.07. The number of fused-ring (bicyclic) bond motifs is 3. The highest BCUT2D eigenvalue weighted by Crippen LogP contribution is 2.35. The fraction of sp³-hybridized carbons (Fsp3) is 0.364. The predicted octanol–water partition coefficient (Wildman–Crippen LogP) is 2.75. The zero-order valence-corrected chi connectivity index (χ0v) is 18.5. The summed E-state index contributed by atoms with van der Waals surface area (Å²) in [6, 6.07) is 5.27. The smallest absolute Gasteiger partial charge is 0.262 e. The van der Waals surface area contributed by atoms with Gasteiger partial charge < -0.3 is 9.47 Å². The van der Waals surface area contributed by atoms with Crippen molar-refractivity contribution in [3.05, 3.63) is 50.9 Å². The lowest BCUT2D eigenvalue weighted by atomic mass is 9.89. The molecule has 0 saturated heterocycles. The Labute approximate surface area is 183 Å². The van der Waals surface area contributed by atoms with Crippen molar-refractivity contribution in [2.24, 2.45) is 11.0 Å². The van der Waals surface area contributed by atoms with Gasteiger partial charge in [0.05, 0.1) is 32.1 Å². The quantitative estimate of drug-likeness (QED) is 0.470. The maximum atomic E-state index is 13.0. The predicted molar refractivity (Wildman–Crippen MR) is 120 cm³/mol. The Bertz CT molecular complexity index is 1210. The second kappa shape index (κ2) is 8.89. The summed E-state index contributed by atoms with van der Waals surface area (Å²) < 4.78 is 11.8. The molecule has 0 radical (unpaired) electrons. The Kier molecular flexibility index (Phi) is 6.03. The monoisotopic (exact) mass is 440 g/mol. The van der Waals surface area contributed by atoms with Gasteiger partial charge in [0.15, 0.2) is 0 Å². The molecule has 0 aliphatic heterocycles. The molecule has 1 N–H and O–H groups in total. The third kappa shape index (κ3) is 4.32. The summed E-state index contributed by atoms with van der Waals surface area (Å²) in [7, 11) is 3.12. The standard InChI is InChI=1S/C22H24N4O4S/c1-13-4-6-16-18(8-13)31-21-20(16)22(28)26(12-23-21)11-19(27)25-24-10-14-9-15(29-2)5-7-17(14)30-3/h5,7,9-10,12-13H,4,6,8,11H2,1-3H3,(H,25,27)/b24-10-. The number of ether oxygens (including phenoxy) is 2. The van der Waals surface area contributed by atoms with Crippen LogP contribution in [0.1, 0.15) is 29.3 Å². The Balaban J connectivity index is 1.50. The van der Waals surface area contributed by atoms with Crippen LogP contribution in [0.25, 0.3) is 10.2 Å². The van der Waals surface area contributed by atoms with E-state index in [2.05, 4.69) is 22.4 Å². The van der Waals surface area contributed by atoms with Crippen LogP contribution in [0.4, 0.5) is 0 Å². The highest BCUT2D eigenvalue weighted by atomic mass is 32.1. The molecule has 3 aromatic rings. The Morgan fingerprint density at radius 2 is 2.23 bits per heavy atom. The van der Waals surface area contributed by atoms with Crippen LogP contribution in [-0.2, 0) is 24.2 Å². The molecule has 0 saturated carbocycles. The van der Waals surface area contributed by atoms with Gasteiger partial charge in [0.1, 0.15) is 22.9 Å². The van der Waals surface area contributed by atoms with Gasteiger partial charge in [-0.1, -0.05) is 6.92 Å². The minimum Gasteiger partial charge on any atom is -0.497 e. The molecule has 1 aliphatic carbocycles. The van der Waals surface area contributed by atoms with Crippen molar-refractivity contribution in [1.82, 2.24) is 15.0 Å². The number of amides is 1. The molecule has 0 fully saturated rings. The van der Waals surface area contributed by atoms with Crippen LogP contribution in [-0.4, -0.2) is 35.9 Å². The van der Waals surface area contributed by atoms with E-state index in [-0.39, 0.29) is 12.1 Å². The number of carbonyl (C=O) groups excluding carboxylic acids is 1. The van der Waals surface area contributed by atoms with E-state index in [0.29, 0.717) is 28.4 Å². The molecule has 2 aromatic heterocycles. The molecule has 1 unspecified atom stereocenters. The summed E-state index contributed by atoms with van der Waals surface area (Å²) in [5, 5.41) is 4.65. The molecule has 1 atom stereocenters. The average molecular weight is 441 g/mol. The number of hydrazone groups is 1. The summed E-state index contributed by atoms with van der Waals surface area (Å²) >= 11 is 1.59. The Morgan fingerprint density at radius 3 is 3.00 bits per heavy atom. The van der Waals surface area contributed by atoms with Crippen LogP contribution >= 0.6 is 11.3 Å². The van der Waals surface area contributed by atoms with E-state index in [0.717, 1.165) is 29.7 Å². The van der Waals surface area contributed by atoms with E-state index in [9.17, 15) is 9.59 Å². The first kappa shape index (κ1) is 21.0. The first-order valence-electron chi connectivity index (χ1n) is 10.0. The summed E-state index contributed by atoms with van der Waals surface area (Å²) in [5.41, 5.74) is 4.04. The molecule has 0 bridgehead atoms.